The second-order valence-electron chi connectivity index (χ2n) is 9.54. The summed E-state index contributed by atoms with van der Waals surface area (Å²) in [5, 5.41) is 4.32. The highest BCUT2D eigenvalue weighted by Crippen LogP contribution is 2.35. The van der Waals surface area contributed by atoms with Crippen molar-refractivity contribution in [3.05, 3.63) is 107 Å². The topological polar surface area (TPSA) is 37.3 Å². The number of amides is 1. The van der Waals surface area contributed by atoms with Gasteiger partial charge in [0.25, 0.3) is 0 Å². The molecule has 4 aromatic rings. The van der Waals surface area contributed by atoms with E-state index in [2.05, 4.69) is 108 Å². The summed E-state index contributed by atoms with van der Waals surface area (Å²) >= 11 is 0. The Morgan fingerprint density at radius 3 is 2.44 bits per heavy atom. The van der Waals surface area contributed by atoms with E-state index in [0.717, 1.165) is 13.1 Å². The number of nitrogens with zero attached hydrogens (tertiary/aromatic N) is 2. The molecule has 0 radical (unpaired) electrons. The number of nitrogens with one attached hydrogen (secondary N) is 1. The zero-order valence-corrected chi connectivity index (χ0v) is 20.7. The Balaban J connectivity index is 1.71. The van der Waals surface area contributed by atoms with Crippen molar-refractivity contribution in [3.63, 3.8) is 0 Å². The second-order valence-corrected chi connectivity index (χ2v) is 9.54. The molecule has 1 N–H and O–H groups in total. The molecule has 0 saturated carbocycles. The highest BCUT2D eigenvalue weighted by Gasteiger charge is 2.23. The minimum absolute atomic E-state index is 0.0107. The lowest BCUT2D eigenvalue weighted by Gasteiger charge is -2.18. The molecule has 4 nitrogen and oxygen atoms in total. The number of carbonyl (C=O) groups is 1. The average Bonchev–Trinajstić information content (AvgIpc) is 3.17. The third kappa shape index (κ3) is 5.75. The van der Waals surface area contributed by atoms with E-state index in [1.54, 1.807) is 0 Å². The first-order chi connectivity index (χ1) is 16.4. The summed E-state index contributed by atoms with van der Waals surface area (Å²) in [7, 11) is 4.04. The Morgan fingerprint density at radius 2 is 1.71 bits per heavy atom. The van der Waals surface area contributed by atoms with E-state index in [1.807, 2.05) is 14.1 Å². The first kappa shape index (κ1) is 23.8. The van der Waals surface area contributed by atoms with Crippen molar-refractivity contribution in [2.75, 3.05) is 27.2 Å². The average molecular weight is 454 g/mol. The molecule has 0 spiro atoms. The molecule has 176 valence electrons. The van der Waals surface area contributed by atoms with Crippen LogP contribution in [-0.4, -0.2) is 42.6 Å². The summed E-state index contributed by atoms with van der Waals surface area (Å²) in [6.45, 7) is 6.51. The van der Waals surface area contributed by atoms with Gasteiger partial charge in [0.15, 0.2) is 0 Å². The van der Waals surface area contributed by atoms with Crippen LogP contribution in [0.2, 0.25) is 0 Å². The highest BCUT2D eigenvalue weighted by atomic mass is 16.1. The van der Waals surface area contributed by atoms with Crippen molar-refractivity contribution in [2.24, 2.45) is 0 Å². The molecule has 0 aliphatic carbocycles. The molecule has 0 bridgehead atoms. The lowest BCUT2D eigenvalue weighted by Crippen LogP contribution is -2.32. The smallest absolute Gasteiger partial charge is 0.220 e. The number of hydrogen-bond acceptors (Lipinski definition) is 2. The molecule has 3 aromatic carbocycles. The van der Waals surface area contributed by atoms with E-state index >= 15 is 0 Å². The fourth-order valence-electron chi connectivity index (χ4n) is 4.54. The van der Waals surface area contributed by atoms with Crippen LogP contribution in [0.1, 0.15) is 40.2 Å². The summed E-state index contributed by atoms with van der Waals surface area (Å²) in [5.74, 6) is 0.0761. The van der Waals surface area contributed by atoms with Crippen LogP contribution < -0.4 is 5.32 Å². The van der Waals surface area contributed by atoms with Gasteiger partial charge in [0.2, 0.25) is 5.91 Å². The van der Waals surface area contributed by atoms with Gasteiger partial charge in [0.05, 0.1) is 0 Å². The van der Waals surface area contributed by atoms with E-state index in [4.69, 9.17) is 0 Å². The molecule has 0 saturated heterocycles. The third-order valence-corrected chi connectivity index (χ3v) is 6.38. The standard InChI is InChI=1S/C30H35N3O/c1-22-12-14-24(15-13-22)20-33-21-28(26-10-5-6-11-29(26)33)27(25-9-7-8-23(2)18-25)19-30(34)31-16-17-32(3)4/h5-15,18,21,27H,16-17,19-20H2,1-4H3,(H,31,34). The second kappa shape index (κ2) is 10.7. The first-order valence-electron chi connectivity index (χ1n) is 12.0. The van der Waals surface area contributed by atoms with E-state index in [1.165, 1.54) is 38.7 Å². The number of fused-ring (bicyclic) bond motifs is 1. The molecule has 1 atom stereocenters. The summed E-state index contributed by atoms with van der Waals surface area (Å²) < 4.78 is 2.32. The maximum Gasteiger partial charge on any atom is 0.220 e. The predicted molar refractivity (Wildman–Crippen MR) is 141 cm³/mol. The molecule has 0 aliphatic rings. The number of rotatable bonds is 9. The molecule has 34 heavy (non-hydrogen) atoms. The lowest BCUT2D eigenvalue weighted by molar-refractivity contribution is -0.121. The van der Waals surface area contributed by atoms with E-state index in [0.29, 0.717) is 13.0 Å². The molecule has 4 heteroatoms. The van der Waals surface area contributed by atoms with Gasteiger partial charge in [-0.15, -0.1) is 0 Å². The zero-order valence-electron chi connectivity index (χ0n) is 20.7. The number of likely N-dealkylation sites (N-methyl/N-ethyl adjacent to an activating group) is 1. The van der Waals surface area contributed by atoms with Crippen molar-refractivity contribution < 1.29 is 4.79 Å². The number of aromatic nitrogens is 1. The maximum atomic E-state index is 13.0. The van der Waals surface area contributed by atoms with Gasteiger partial charge >= 0.3 is 0 Å². The monoisotopic (exact) mass is 453 g/mol. The van der Waals surface area contributed by atoms with Crippen LogP contribution >= 0.6 is 0 Å². The number of para-hydroxylation sites is 1. The molecule has 1 amide bonds. The van der Waals surface area contributed by atoms with Crippen LogP contribution in [-0.2, 0) is 11.3 Å². The van der Waals surface area contributed by atoms with Crippen LogP contribution in [0.4, 0.5) is 0 Å². The largest absolute Gasteiger partial charge is 0.355 e. The summed E-state index contributed by atoms with van der Waals surface area (Å²) in [5.41, 5.74) is 7.33. The van der Waals surface area contributed by atoms with Crippen LogP contribution in [0.15, 0.2) is 79.0 Å². The fraction of sp³-hybridized carbons (Fsp3) is 0.300. The van der Waals surface area contributed by atoms with Gasteiger partial charge in [-0.3, -0.25) is 4.79 Å². The fourth-order valence-corrected chi connectivity index (χ4v) is 4.54. The number of hydrogen-bond donors (Lipinski definition) is 1. The first-order valence-corrected chi connectivity index (χ1v) is 12.0. The van der Waals surface area contributed by atoms with Gasteiger partial charge in [0, 0.05) is 49.1 Å². The zero-order chi connectivity index (χ0) is 24.1. The van der Waals surface area contributed by atoms with Gasteiger partial charge in [-0.1, -0.05) is 77.9 Å². The van der Waals surface area contributed by atoms with E-state index < -0.39 is 0 Å². The molecule has 1 heterocycles. The quantitative estimate of drug-likeness (QED) is 0.363. The Labute approximate surface area is 203 Å². The molecule has 4 rings (SSSR count). The van der Waals surface area contributed by atoms with Gasteiger partial charge in [-0.25, -0.2) is 0 Å². The Morgan fingerprint density at radius 1 is 0.941 bits per heavy atom. The summed E-state index contributed by atoms with van der Waals surface area (Å²) in [6.07, 6.45) is 2.68. The third-order valence-electron chi connectivity index (χ3n) is 6.38. The molecular formula is C30H35N3O. The Bertz CT molecular complexity index is 1250. The van der Waals surface area contributed by atoms with Gasteiger partial charge in [0.1, 0.15) is 0 Å². The van der Waals surface area contributed by atoms with Crippen molar-refractivity contribution in [1.29, 1.82) is 0 Å². The van der Waals surface area contributed by atoms with Crippen LogP contribution in [0.3, 0.4) is 0 Å². The van der Waals surface area contributed by atoms with Crippen molar-refractivity contribution in [3.8, 4) is 0 Å². The van der Waals surface area contributed by atoms with Gasteiger partial charge in [-0.05, 0) is 50.7 Å². The van der Waals surface area contributed by atoms with Crippen LogP contribution in [0.5, 0.6) is 0 Å². The molecular weight excluding hydrogens is 418 g/mol. The normalized spacial score (nSPS) is 12.3. The Hall–Kier alpha value is -3.37. The molecule has 0 fully saturated rings. The number of carbonyl (C=O) groups excluding carboxylic acids is 1. The predicted octanol–water partition coefficient (Wildman–Crippen LogP) is 5.51. The minimum Gasteiger partial charge on any atom is -0.355 e. The van der Waals surface area contributed by atoms with Gasteiger partial charge < -0.3 is 14.8 Å². The molecule has 1 unspecified atom stereocenters. The van der Waals surface area contributed by atoms with E-state index in [-0.39, 0.29) is 11.8 Å². The van der Waals surface area contributed by atoms with Crippen molar-refractivity contribution in [2.45, 2.75) is 32.7 Å². The highest BCUT2D eigenvalue weighted by molar-refractivity contribution is 5.86. The lowest BCUT2D eigenvalue weighted by atomic mass is 9.87. The van der Waals surface area contributed by atoms with Crippen molar-refractivity contribution in [1.82, 2.24) is 14.8 Å². The number of benzene rings is 3. The Kier molecular flexibility index (Phi) is 7.49. The molecule has 1 aromatic heterocycles. The summed E-state index contributed by atoms with van der Waals surface area (Å²) in [4.78, 5) is 15.1. The van der Waals surface area contributed by atoms with E-state index in [9.17, 15) is 4.79 Å². The SMILES string of the molecule is Cc1ccc(Cn2cc(C(CC(=O)NCCN(C)C)c3cccc(C)c3)c3ccccc32)cc1. The van der Waals surface area contributed by atoms with Gasteiger partial charge in [-0.2, -0.15) is 0 Å². The minimum atomic E-state index is -0.0107. The maximum absolute atomic E-state index is 13.0. The van der Waals surface area contributed by atoms with Crippen molar-refractivity contribution >= 4 is 16.8 Å². The summed E-state index contributed by atoms with van der Waals surface area (Å²) in [6, 6.07) is 25.8. The number of aryl methyl sites for hydroxylation is 2. The van der Waals surface area contributed by atoms with Crippen LogP contribution in [0.25, 0.3) is 10.9 Å². The van der Waals surface area contributed by atoms with Crippen LogP contribution in [0, 0.1) is 13.8 Å². The molecule has 0 aliphatic heterocycles.